The second-order valence-corrected chi connectivity index (χ2v) is 7.92. The van der Waals surface area contributed by atoms with E-state index in [1.165, 1.54) is 18.6 Å². The van der Waals surface area contributed by atoms with Crippen LogP contribution in [0.15, 0.2) is 46.9 Å². The van der Waals surface area contributed by atoms with Gasteiger partial charge in [-0.2, -0.15) is 0 Å². The number of rotatable bonds is 2. The van der Waals surface area contributed by atoms with Crippen LogP contribution in [0.2, 0.25) is 0 Å². The van der Waals surface area contributed by atoms with Crippen LogP contribution in [-0.4, -0.2) is 53.0 Å². The molecule has 3 aromatic rings. The van der Waals surface area contributed by atoms with E-state index in [2.05, 4.69) is 22.2 Å². The van der Waals surface area contributed by atoms with Crippen LogP contribution in [0, 0.1) is 5.82 Å². The molecule has 2 unspecified atom stereocenters. The second-order valence-electron chi connectivity index (χ2n) is 7.92. The lowest BCUT2D eigenvalue weighted by atomic mass is 10.1. The van der Waals surface area contributed by atoms with E-state index in [1.54, 1.807) is 18.2 Å². The van der Waals surface area contributed by atoms with Gasteiger partial charge in [0.2, 0.25) is 5.89 Å². The molecular formula is C22H23FN4O2. The minimum atomic E-state index is -0.303. The molecule has 2 atom stereocenters. The summed E-state index contributed by atoms with van der Waals surface area (Å²) >= 11 is 0. The van der Waals surface area contributed by atoms with Gasteiger partial charge < -0.3 is 14.6 Å². The van der Waals surface area contributed by atoms with Crippen molar-refractivity contribution in [3.63, 3.8) is 0 Å². The van der Waals surface area contributed by atoms with Crippen LogP contribution < -0.4 is 5.32 Å². The maximum atomic E-state index is 13.1. The van der Waals surface area contributed by atoms with E-state index in [9.17, 15) is 9.18 Å². The zero-order chi connectivity index (χ0) is 20.0. The zero-order valence-electron chi connectivity index (χ0n) is 16.3. The molecule has 0 aliphatic carbocycles. The zero-order valence-corrected chi connectivity index (χ0v) is 16.3. The molecule has 1 aromatic heterocycles. The quantitative estimate of drug-likeness (QED) is 0.703. The Balaban J connectivity index is 1.33. The van der Waals surface area contributed by atoms with E-state index < -0.39 is 0 Å². The molecule has 0 spiro atoms. The molecule has 2 amide bonds. The van der Waals surface area contributed by atoms with Gasteiger partial charge in [0.15, 0.2) is 5.58 Å². The number of anilines is 1. The van der Waals surface area contributed by atoms with Crippen molar-refractivity contribution in [3.8, 4) is 11.5 Å². The number of fused-ring (bicyclic) bond motifs is 3. The predicted molar refractivity (Wildman–Crippen MR) is 109 cm³/mol. The molecule has 2 fully saturated rings. The van der Waals surface area contributed by atoms with Crippen LogP contribution in [-0.2, 0) is 0 Å². The summed E-state index contributed by atoms with van der Waals surface area (Å²) in [6, 6.07) is 12.4. The Bertz CT molecular complexity index is 1050. The van der Waals surface area contributed by atoms with E-state index in [4.69, 9.17) is 4.42 Å². The molecule has 2 bridgehead atoms. The number of benzene rings is 2. The van der Waals surface area contributed by atoms with Crippen molar-refractivity contribution >= 4 is 22.8 Å². The Morgan fingerprint density at radius 1 is 1.14 bits per heavy atom. The number of hydrogen-bond donors (Lipinski definition) is 1. The first kappa shape index (κ1) is 18.1. The highest BCUT2D eigenvalue weighted by Gasteiger charge is 2.36. The number of halogens is 1. The summed E-state index contributed by atoms with van der Waals surface area (Å²) in [7, 11) is 2.17. The first-order valence-corrected chi connectivity index (χ1v) is 10.0. The fraction of sp³-hybridized carbons (Fsp3) is 0.364. The smallest absolute Gasteiger partial charge is 0.321 e. The summed E-state index contributed by atoms with van der Waals surface area (Å²) in [5, 5.41) is 2.99. The van der Waals surface area contributed by atoms with Gasteiger partial charge in [0.1, 0.15) is 11.3 Å². The molecule has 6 nitrogen and oxygen atoms in total. The molecule has 0 saturated carbocycles. The van der Waals surface area contributed by atoms with Gasteiger partial charge in [0, 0.05) is 42.5 Å². The largest absolute Gasteiger partial charge is 0.436 e. The highest BCUT2D eigenvalue weighted by Crippen LogP contribution is 2.29. The minimum absolute atomic E-state index is 0.0800. The molecule has 7 heteroatoms. The Hall–Kier alpha value is -2.93. The van der Waals surface area contributed by atoms with Crippen LogP contribution in [0.5, 0.6) is 0 Å². The number of nitrogens with one attached hydrogen (secondary N) is 1. The van der Waals surface area contributed by atoms with Crippen molar-refractivity contribution < 1.29 is 13.6 Å². The molecule has 2 aliphatic rings. The summed E-state index contributed by atoms with van der Waals surface area (Å²) in [6.45, 7) is 1.54. The maximum Gasteiger partial charge on any atom is 0.321 e. The Labute approximate surface area is 168 Å². The lowest BCUT2D eigenvalue weighted by molar-refractivity contribution is 0.200. The number of amides is 2. The number of likely N-dealkylation sites (N-methyl/N-ethyl adjacent to an activating group) is 1. The highest BCUT2D eigenvalue weighted by molar-refractivity contribution is 5.92. The van der Waals surface area contributed by atoms with Crippen molar-refractivity contribution in [1.82, 2.24) is 14.8 Å². The number of likely N-dealkylation sites (tertiary alicyclic amines) is 1. The van der Waals surface area contributed by atoms with Gasteiger partial charge in [0.25, 0.3) is 0 Å². The SMILES string of the molecule is CN1C2CCC1CN(C(=O)Nc1ccc3nc(-c4ccc(F)cc4)oc3c1)CC2. The Kier molecular flexibility index (Phi) is 4.47. The lowest BCUT2D eigenvalue weighted by Gasteiger charge is -2.26. The van der Waals surface area contributed by atoms with Crippen LogP contribution in [0.1, 0.15) is 19.3 Å². The number of carbonyl (C=O) groups is 1. The third-order valence-electron chi connectivity index (χ3n) is 6.17. The van der Waals surface area contributed by atoms with Gasteiger partial charge in [-0.15, -0.1) is 0 Å². The fourth-order valence-corrected chi connectivity index (χ4v) is 4.41. The van der Waals surface area contributed by atoms with Gasteiger partial charge >= 0.3 is 6.03 Å². The standard InChI is InChI=1S/C22H23FN4O2/c1-26-17-7-8-18(26)13-27(11-10-17)22(28)24-16-6-9-19-20(12-16)29-21(25-19)14-2-4-15(23)5-3-14/h2-6,9,12,17-18H,7-8,10-11,13H2,1H3,(H,24,28). The summed E-state index contributed by atoms with van der Waals surface area (Å²) in [5.74, 6) is 0.123. The van der Waals surface area contributed by atoms with Crippen LogP contribution in [0.3, 0.4) is 0 Å². The summed E-state index contributed by atoms with van der Waals surface area (Å²) in [5.41, 5.74) is 2.65. The number of carbonyl (C=O) groups excluding carboxylic acids is 1. The molecule has 1 N–H and O–H groups in total. The molecule has 2 aliphatic heterocycles. The normalized spacial score (nSPS) is 22.1. The first-order valence-electron chi connectivity index (χ1n) is 10.0. The van der Waals surface area contributed by atoms with Gasteiger partial charge in [0.05, 0.1) is 0 Å². The lowest BCUT2D eigenvalue weighted by Crippen LogP contribution is -2.41. The summed E-state index contributed by atoms with van der Waals surface area (Å²) in [6.07, 6.45) is 3.40. The molecule has 2 saturated heterocycles. The average molecular weight is 394 g/mol. The molecule has 0 radical (unpaired) electrons. The summed E-state index contributed by atoms with van der Waals surface area (Å²) in [4.78, 5) is 21.6. The number of aromatic nitrogens is 1. The van der Waals surface area contributed by atoms with Crippen molar-refractivity contribution in [3.05, 3.63) is 48.3 Å². The molecule has 29 heavy (non-hydrogen) atoms. The van der Waals surface area contributed by atoms with E-state index in [1.807, 2.05) is 17.0 Å². The van der Waals surface area contributed by atoms with Crippen molar-refractivity contribution in [2.75, 3.05) is 25.5 Å². The van der Waals surface area contributed by atoms with Gasteiger partial charge in [-0.25, -0.2) is 14.2 Å². The van der Waals surface area contributed by atoms with E-state index >= 15 is 0 Å². The van der Waals surface area contributed by atoms with E-state index in [-0.39, 0.29) is 11.8 Å². The number of nitrogens with zero attached hydrogens (tertiary/aromatic N) is 3. The Morgan fingerprint density at radius 3 is 2.76 bits per heavy atom. The van der Waals surface area contributed by atoms with Crippen LogP contribution >= 0.6 is 0 Å². The second kappa shape index (κ2) is 7.15. The molecule has 5 rings (SSSR count). The third kappa shape index (κ3) is 3.46. The van der Waals surface area contributed by atoms with Crippen molar-refractivity contribution in [2.24, 2.45) is 0 Å². The topological polar surface area (TPSA) is 61.6 Å². The maximum absolute atomic E-state index is 13.1. The first-order chi connectivity index (χ1) is 14.1. The number of hydrogen-bond acceptors (Lipinski definition) is 4. The molecule has 3 heterocycles. The predicted octanol–water partition coefficient (Wildman–Crippen LogP) is 4.33. The van der Waals surface area contributed by atoms with E-state index in [0.29, 0.717) is 40.3 Å². The summed E-state index contributed by atoms with van der Waals surface area (Å²) < 4.78 is 19.0. The number of urea groups is 1. The molecule has 150 valence electrons. The molecule has 2 aromatic carbocycles. The van der Waals surface area contributed by atoms with Gasteiger partial charge in [-0.1, -0.05) is 0 Å². The average Bonchev–Trinajstić information content (AvgIpc) is 3.22. The molecular weight excluding hydrogens is 371 g/mol. The van der Waals surface area contributed by atoms with Crippen molar-refractivity contribution in [1.29, 1.82) is 0 Å². The van der Waals surface area contributed by atoms with Gasteiger partial charge in [-0.05, 0) is 62.7 Å². The monoisotopic (exact) mass is 394 g/mol. The number of oxazole rings is 1. The van der Waals surface area contributed by atoms with E-state index in [0.717, 1.165) is 25.9 Å². The minimum Gasteiger partial charge on any atom is -0.436 e. The fourth-order valence-electron chi connectivity index (χ4n) is 4.41. The van der Waals surface area contributed by atoms with Crippen molar-refractivity contribution in [2.45, 2.75) is 31.3 Å². The Morgan fingerprint density at radius 2 is 1.93 bits per heavy atom. The third-order valence-corrected chi connectivity index (χ3v) is 6.17. The van der Waals surface area contributed by atoms with Crippen LogP contribution in [0.25, 0.3) is 22.6 Å². The highest BCUT2D eigenvalue weighted by atomic mass is 19.1. The van der Waals surface area contributed by atoms with Crippen LogP contribution in [0.4, 0.5) is 14.9 Å². The van der Waals surface area contributed by atoms with Gasteiger partial charge in [-0.3, -0.25) is 4.90 Å².